The van der Waals surface area contributed by atoms with Crippen LogP contribution in [0.5, 0.6) is 5.75 Å². The predicted octanol–water partition coefficient (Wildman–Crippen LogP) is 2.55. The molecule has 0 saturated heterocycles. The van der Waals surface area contributed by atoms with Crippen LogP contribution in [0, 0.1) is 0 Å². The van der Waals surface area contributed by atoms with Crippen LogP contribution in [0.4, 0.5) is 5.69 Å². The van der Waals surface area contributed by atoms with Crippen molar-refractivity contribution in [1.29, 1.82) is 0 Å². The highest BCUT2D eigenvalue weighted by molar-refractivity contribution is 8.00. The molecule has 3 aromatic rings. The number of rotatable bonds is 7. The van der Waals surface area contributed by atoms with Gasteiger partial charge in [-0.25, -0.2) is 9.97 Å². The molecule has 2 heterocycles. The molecule has 1 amide bonds. The number of amides is 1. The van der Waals surface area contributed by atoms with Gasteiger partial charge >= 0.3 is 0 Å². The Labute approximate surface area is 153 Å². The van der Waals surface area contributed by atoms with Crippen molar-refractivity contribution in [2.45, 2.75) is 30.7 Å². The van der Waals surface area contributed by atoms with Crippen LogP contribution in [0.3, 0.4) is 0 Å². The number of aromatic nitrogens is 4. The van der Waals surface area contributed by atoms with Crippen LogP contribution in [0.1, 0.15) is 20.3 Å². The van der Waals surface area contributed by atoms with Crippen molar-refractivity contribution >= 4 is 34.5 Å². The first-order valence-corrected chi connectivity index (χ1v) is 9.13. The largest absolute Gasteiger partial charge is 0.492 e. The van der Waals surface area contributed by atoms with Crippen LogP contribution in [0.15, 0.2) is 40.5 Å². The van der Waals surface area contributed by atoms with Crippen LogP contribution in [0.25, 0.3) is 11.2 Å². The van der Waals surface area contributed by atoms with E-state index in [9.17, 15) is 9.59 Å². The molecule has 8 nitrogen and oxygen atoms in total. The minimum atomic E-state index is -0.427. The monoisotopic (exact) mass is 373 g/mol. The molecule has 1 atom stereocenters. The number of para-hydroxylation sites is 2. The lowest BCUT2D eigenvalue weighted by Crippen LogP contribution is -2.25. The summed E-state index contributed by atoms with van der Waals surface area (Å²) in [6, 6.07) is 7.27. The molecule has 136 valence electrons. The van der Waals surface area contributed by atoms with E-state index >= 15 is 0 Å². The van der Waals surface area contributed by atoms with Crippen LogP contribution < -0.4 is 15.6 Å². The zero-order valence-corrected chi connectivity index (χ0v) is 15.2. The molecule has 26 heavy (non-hydrogen) atoms. The summed E-state index contributed by atoms with van der Waals surface area (Å²) < 4.78 is 5.53. The molecule has 3 N–H and O–H groups in total. The van der Waals surface area contributed by atoms with Crippen molar-refractivity contribution in [1.82, 2.24) is 19.9 Å². The smallest absolute Gasteiger partial charge is 0.277 e. The highest BCUT2D eigenvalue weighted by atomic mass is 32.2. The number of ether oxygens (including phenoxy) is 1. The second-order valence-corrected chi connectivity index (χ2v) is 6.60. The Morgan fingerprint density at radius 3 is 2.92 bits per heavy atom. The van der Waals surface area contributed by atoms with E-state index in [1.165, 1.54) is 18.1 Å². The Kier molecular flexibility index (Phi) is 5.57. The van der Waals surface area contributed by atoms with Crippen LogP contribution >= 0.6 is 11.8 Å². The molecule has 0 spiro atoms. The zero-order valence-electron chi connectivity index (χ0n) is 14.4. The first-order chi connectivity index (χ1) is 12.6. The van der Waals surface area contributed by atoms with Crippen molar-refractivity contribution in [2.75, 3.05) is 11.9 Å². The van der Waals surface area contributed by atoms with Crippen LogP contribution in [-0.4, -0.2) is 37.7 Å². The molecule has 1 aromatic carbocycles. The first kappa shape index (κ1) is 18.0. The second-order valence-electron chi connectivity index (χ2n) is 5.41. The number of nitrogens with zero attached hydrogens (tertiary/aromatic N) is 2. The third-order valence-corrected chi connectivity index (χ3v) is 4.88. The SMILES string of the molecule is CCOc1ccccc1NC(=O)C(CC)Sc1nc2nc[nH]c2c(=O)[nH]1. The van der Waals surface area contributed by atoms with Crippen molar-refractivity contribution < 1.29 is 9.53 Å². The quantitative estimate of drug-likeness (QED) is 0.433. The summed E-state index contributed by atoms with van der Waals surface area (Å²) in [5, 5.41) is 2.82. The zero-order chi connectivity index (χ0) is 18.5. The van der Waals surface area contributed by atoms with E-state index in [1.807, 2.05) is 26.0 Å². The van der Waals surface area contributed by atoms with E-state index < -0.39 is 5.25 Å². The van der Waals surface area contributed by atoms with Gasteiger partial charge in [-0.3, -0.25) is 14.6 Å². The molecule has 3 rings (SSSR count). The van der Waals surface area contributed by atoms with Gasteiger partial charge in [-0.05, 0) is 25.5 Å². The number of aromatic amines is 2. The van der Waals surface area contributed by atoms with E-state index in [4.69, 9.17) is 4.74 Å². The van der Waals surface area contributed by atoms with Gasteiger partial charge in [0.1, 0.15) is 5.75 Å². The number of nitrogens with one attached hydrogen (secondary N) is 3. The van der Waals surface area contributed by atoms with Gasteiger partial charge in [-0.1, -0.05) is 30.8 Å². The van der Waals surface area contributed by atoms with Gasteiger partial charge in [-0.15, -0.1) is 0 Å². The molecule has 0 radical (unpaired) electrons. The maximum absolute atomic E-state index is 12.7. The summed E-state index contributed by atoms with van der Waals surface area (Å²) in [7, 11) is 0. The number of benzene rings is 1. The molecule has 0 saturated carbocycles. The summed E-state index contributed by atoms with van der Waals surface area (Å²) in [5.74, 6) is 0.433. The first-order valence-electron chi connectivity index (χ1n) is 8.25. The lowest BCUT2D eigenvalue weighted by Gasteiger charge is -2.16. The predicted molar refractivity (Wildman–Crippen MR) is 101 cm³/mol. The summed E-state index contributed by atoms with van der Waals surface area (Å²) in [5.41, 5.74) is 0.945. The van der Waals surface area contributed by atoms with E-state index in [2.05, 4.69) is 25.3 Å². The Balaban J connectivity index is 1.77. The Morgan fingerprint density at radius 2 is 2.15 bits per heavy atom. The van der Waals surface area contributed by atoms with Gasteiger partial charge in [0.2, 0.25) is 5.91 Å². The summed E-state index contributed by atoms with van der Waals surface area (Å²) in [6.45, 7) is 4.29. The van der Waals surface area contributed by atoms with Crippen molar-refractivity contribution in [2.24, 2.45) is 0 Å². The Morgan fingerprint density at radius 1 is 1.35 bits per heavy atom. The Hall–Kier alpha value is -2.81. The highest BCUT2D eigenvalue weighted by Gasteiger charge is 2.21. The molecule has 0 aliphatic heterocycles. The minimum Gasteiger partial charge on any atom is -0.492 e. The van der Waals surface area contributed by atoms with Gasteiger partial charge < -0.3 is 15.0 Å². The van der Waals surface area contributed by atoms with Gasteiger partial charge in [0.05, 0.1) is 23.9 Å². The van der Waals surface area contributed by atoms with Crippen molar-refractivity contribution in [3.05, 3.63) is 40.9 Å². The van der Waals surface area contributed by atoms with Crippen molar-refractivity contribution in [3.63, 3.8) is 0 Å². The lowest BCUT2D eigenvalue weighted by atomic mass is 10.2. The molecule has 1 unspecified atom stereocenters. The number of fused-ring (bicyclic) bond motifs is 1. The normalized spacial score (nSPS) is 12.1. The van der Waals surface area contributed by atoms with E-state index in [0.29, 0.717) is 40.8 Å². The molecule has 9 heteroatoms. The molecule has 2 aromatic heterocycles. The minimum absolute atomic E-state index is 0.186. The number of hydrogen-bond acceptors (Lipinski definition) is 6. The van der Waals surface area contributed by atoms with Gasteiger partial charge in [0.15, 0.2) is 16.3 Å². The average molecular weight is 373 g/mol. The summed E-state index contributed by atoms with van der Waals surface area (Å²) in [4.78, 5) is 38.4. The van der Waals surface area contributed by atoms with Crippen molar-refractivity contribution in [3.8, 4) is 5.75 Å². The molecule has 0 bridgehead atoms. The molecule has 0 aliphatic rings. The van der Waals surface area contributed by atoms with E-state index in [-0.39, 0.29) is 11.5 Å². The summed E-state index contributed by atoms with van der Waals surface area (Å²) in [6.07, 6.45) is 1.98. The fourth-order valence-corrected chi connectivity index (χ4v) is 3.29. The third-order valence-electron chi connectivity index (χ3n) is 3.64. The number of anilines is 1. The third kappa shape index (κ3) is 3.88. The van der Waals surface area contributed by atoms with Crippen LogP contribution in [0.2, 0.25) is 0 Å². The molecule has 0 fully saturated rings. The summed E-state index contributed by atoms with van der Waals surface area (Å²) >= 11 is 1.19. The lowest BCUT2D eigenvalue weighted by molar-refractivity contribution is -0.115. The number of carbonyl (C=O) groups excluding carboxylic acids is 1. The standard InChI is InChI=1S/C17H19N5O3S/c1-3-12(15(23)20-10-7-5-6-8-11(10)25-4-2)26-17-21-14-13(16(24)22-17)18-9-19-14/h5-9,12H,3-4H2,1-2H3,(H,20,23)(H2,18,19,21,22,24). The molecular formula is C17H19N5O3S. The van der Waals surface area contributed by atoms with Crippen LogP contribution in [-0.2, 0) is 4.79 Å². The Bertz CT molecular complexity index is 968. The number of thioether (sulfide) groups is 1. The van der Waals surface area contributed by atoms with Gasteiger partial charge in [0.25, 0.3) is 5.56 Å². The fourth-order valence-electron chi connectivity index (χ4n) is 2.40. The number of carbonyl (C=O) groups is 1. The second kappa shape index (κ2) is 8.05. The van der Waals surface area contributed by atoms with Gasteiger partial charge in [0, 0.05) is 0 Å². The number of H-pyrrole nitrogens is 2. The van der Waals surface area contributed by atoms with E-state index in [0.717, 1.165) is 0 Å². The highest BCUT2D eigenvalue weighted by Crippen LogP contribution is 2.27. The maximum atomic E-state index is 12.7. The van der Waals surface area contributed by atoms with E-state index in [1.54, 1.807) is 12.1 Å². The molecule has 0 aliphatic carbocycles. The topological polar surface area (TPSA) is 113 Å². The number of imidazole rings is 1. The maximum Gasteiger partial charge on any atom is 0.277 e. The molecular weight excluding hydrogens is 354 g/mol. The average Bonchev–Trinajstić information content (AvgIpc) is 3.10. The fraction of sp³-hybridized carbons (Fsp3) is 0.294. The number of hydrogen-bond donors (Lipinski definition) is 3. The van der Waals surface area contributed by atoms with Gasteiger partial charge in [-0.2, -0.15) is 0 Å².